The van der Waals surface area contributed by atoms with Crippen molar-refractivity contribution in [2.45, 2.75) is 70.6 Å². The molecule has 0 aliphatic rings. The molecular formula is C18H31N5O8. The number of hydrogen-bond donors (Lipinski definition) is 7. The molecule has 5 unspecified atom stereocenters. The fraction of sp³-hybridized carbons (Fsp3) is 0.667. The molecule has 0 rings (SSSR count). The summed E-state index contributed by atoms with van der Waals surface area (Å²) in [6, 6.07) is -5.01. The first-order valence-electron chi connectivity index (χ1n) is 9.69. The molecule has 13 nitrogen and oxygen atoms in total. The normalized spacial score (nSPS) is 15.5. The van der Waals surface area contributed by atoms with Crippen LogP contribution in [-0.2, 0) is 28.8 Å². The summed E-state index contributed by atoms with van der Waals surface area (Å²) in [6.45, 7) is 4.73. The third kappa shape index (κ3) is 10.4. The third-order valence-corrected chi connectivity index (χ3v) is 4.58. The number of primary amides is 1. The fourth-order valence-corrected chi connectivity index (χ4v) is 2.43. The molecule has 0 aromatic rings. The lowest BCUT2D eigenvalue weighted by Gasteiger charge is -2.27. The minimum atomic E-state index is -1.67. The van der Waals surface area contributed by atoms with E-state index in [9.17, 15) is 28.8 Å². The number of rotatable bonds is 14. The Bertz CT molecular complexity index is 698. The van der Waals surface area contributed by atoms with Gasteiger partial charge in [0.05, 0.1) is 12.5 Å². The third-order valence-electron chi connectivity index (χ3n) is 4.58. The van der Waals surface area contributed by atoms with E-state index in [1.54, 1.807) is 13.8 Å². The van der Waals surface area contributed by atoms with Crippen LogP contribution in [0.2, 0.25) is 0 Å². The van der Waals surface area contributed by atoms with Crippen molar-refractivity contribution in [2.75, 3.05) is 0 Å². The molecule has 31 heavy (non-hydrogen) atoms. The summed E-state index contributed by atoms with van der Waals surface area (Å²) in [5.74, 6) is -6.30. The maximum absolute atomic E-state index is 12.5. The number of aliphatic carboxylic acids is 2. The molecule has 0 aromatic heterocycles. The molecule has 176 valence electrons. The van der Waals surface area contributed by atoms with Gasteiger partial charge in [0.1, 0.15) is 18.1 Å². The van der Waals surface area contributed by atoms with Gasteiger partial charge in [0.25, 0.3) is 0 Å². The van der Waals surface area contributed by atoms with E-state index in [2.05, 4.69) is 16.0 Å². The van der Waals surface area contributed by atoms with E-state index in [1.165, 1.54) is 6.92 Å². The Balaban J connectivity index is 5.13. The van der Waals surface area contributed by atoms with Gasteiger partial charge in [-0.15, -0.1) is 0 Å². The fourth-order valence-electron chi connectivity index (χ4n) is 2.43. The molecule has 0 aliphatic heterocycles. The van der Waals surface area contributed by atoms with E-state index in [-0.39, 0.29) is 12.8 Å². The molecular weight excluding hydrogens is 414 g/mol. The van der Waals surface area contributed by atoms with Crippen LogP contribution < -0.4 is 27.4 Å². The van der Waals surface area contributed by atoms with Gasteiger partial charge in [0, 0.05) is 6.42 Å². The second-order valence-corrected chi connectivity index (χ2v) is 7.21. The van der Waals surface area contributed by atoms with E-state index < -0.39 is 72.1 Å². The van der Waals surface area contributed by atoms with Crippen LogP contribution in [0.3, 0.4) is 0 Å². The number of nitrogens with two attached hydrogens (primary N) is 2. The first-order valence-corrected chi connectivity index (χ1v) is 9.69. The summed E-state index contributed by atoms with van der Waals surface area (Å²) in [6.07, 6.45) is -0.508. The van der Waals surface area contributed by atoms with Gasteiger partial charge < -0.3 is 37.6 Å². The van der Waals surface area contributed by atoms with Crippen molar-refractivity contribution in [1.82, 2.24) is 16.0 Å². The van der Waals surface area contributed by atoms with Crippen molar-refractivity contribution in [3.05, 3.63) is 0 Å². The lowest BCUT2D eigenvalue weighted by atomic mass is 9.97. The molecule has 5 atom stereocenters. The van der Waals surface area contributed by atoms with Crippen LogP contribution in [0.15, 0.2) is 0 Å². The van der Waals surface area contributed by atoms with Crippen molar-refractivity contribution in [3.63, 3.8) is 0 Å². The Labute approximate surface area is 179 Å². The van der Waals surface area contributed by atoms with Gasteiger partial charge in [0.2, 0.25) is 23.6 Å². The summed E-state index contributed by atoms with van der Waals surface area (Å²) in [7, 11) is 0. The largest absolute Gasteiger partial charge is 0.481 e. The Kier molecular flexibility index (Phi) is 11.8. The van der Waals surface area contributed by atoms with Gasteiger partial charge in [-0.05, 0) is 19.3 Å². The molecule has 9 N–H and O–H groups in total. The van der Waals surface area contributed by atoms with Gasteiger partial charge >= 0.3 is 11.9 Å². The quantitative estimate of drug-likeness (QED) is 0.151. The van der Waals surface area contributed by atoms with Crippen LogP contribution in [0.25, 0.3) is 0 Å². The minimum absolute atomic E-state index is 0.00639. The van der Waals surface area contributed by atoms with Crippen LogP contribution in [0.1, 0.15) is 46.5 Å². The zero-order valence-corrected chi connectivity index (χ0v) is 17.7. The van der Waals surface area contributed by atoms with Gasteiger partial charge in [0.15, 0.2) is 0 Å². The number of carboxylic acids is 2. The highest BCUT2D eigenvalue weighted by molar-refractivity contribution is 5.94. The Morgan fingerprint density at radius 1 is 0.903 bits per heavy atom. The molecule has 0 saturated carbocycles. The summed E-state index contributed by atoms with van der Waals surface area (Å²) in [5, 5.41) is 24.8. The molecule has 0 bridgehead atoms. The first-order chi connectivity index (χ1) is 14.3. The number of carbonyl (C=O) groups excluding carboxylic acids is 4. The van der Waals surface area contributed by atoms with Crippen molar-refractivity contribution in [2.24, 2.45) is 17.4 Å². The zero-order chi connectivity index (χ0) is 24.3. The average Bonchev–Trinajstić information content (AvgIpc) is 2.67. The molecule has 0 spiro atoms. The molecule has 0 fully saturated rings. The van der Waals surface area contributed by atoms with Crippen LogP contribution in [0.4, 0.5) is 0 Å². The highest BCUT2D eigenvalue weighted by Gasteiger charge is 2.32. The molecule has 0 radical (unpaired) electrons. The Morgan fingerprint density at radius 2 is 1.48 bits per heavy atom. The van der Waals surface area contributed by atoms with E-state index in [1.807, 2.05) is 0 Å². The minimum Gasteiger partial charge on any atom is -0.481 e. The van der Waals surface area contributed by atoms with Crippen LogP contribution in [0.5, 0.6) is 0 Å². The predicted molar refractivity (Wildman–Crippen MR) is 107 cm³/mol. The van der Waals surface area contributed by atoms with Crippen LogP contribution >= 0.6 is 0 Å². The highest BCUT2D eigenvalue weighted by atomic mass is 16.4. The maximum atomic E-state index is 12.5. The topological polar surface area (TPSA) is 231 Å². The number of amides is 4. The smallest absolute Gasteiger partial charge is 0.326 e. The molecule has 0 saturated heterocycles. The van der Waals surface area contributed by atoms with Crippen molar-refractivity contribution in [1.29, 1.82) is 0 Å². The van der Waals surface area contributed by atoms with Crippen molar-refractivity contribution in [3.8, 4) is 0 Å². The number of carbonyl (C=O) groups is 6. The molecule has 13 heteroatoms. The average molecular weight is 445 g/mol. The standard InChI is InChI=1S/C18H31N5O8/c1-4-8(2)14(17(29)22-11(18(30)31)7-13(25)26)23-15(27)9(3)21-16(28)10(19)5-6-12(20)24/h8-11,14H,4-7,19H2,1-3H3,(H2,20,24)(H,21,28)(H,22,29)(H,23,27)(H,25,26)(H,30,31). The predicted octanol–water partition coefficient (Wildman–Crippen LogP) is -2.34. The monoisotopic (exact) mass is 445 g/mol. The van der Waals surface area contributed by atoms with E-state index in [4.69, 9.17) is 21.7 Å². The Hall–Kier alpha value is -3.22. The van der Waals surface area contributed by atoms with E-state index in [0.29, 0.717) is 6.42 Å². The summed E-state index contributed by atoms with van der Waals surface area (Å²) < 4.78 is 0. The summed E-state index contributed by atoms with van der Waals surface area (Å²) in [5.41, 5.74) is 10.6. The van der Waals surface area contributed by atoms with Crippen molar-refractivity contribution < 1.29 is 39.0 Å². The molecule has 0 heterocycles. The highest BCUT2D eigenvalue weighted by Crippen LogP contribution is 2.09. The molecule has 0 aromatic carbocycles. The van der Waals surface area contributed by atoms with Gasteiger partial charge in [-0.25, -0.2) is 4.79 Å². The lowest BCUT2D eigenvalue weighted by Crippen LogP contribution is -2.58. The van der Waals surface area contributed by atoms with E-state index >= 15 is 0 Å². The molecule has 4 amide bonds. The molecule has 0 aliphatic carbocycles. The number of carboxylic acid groups (broad SMARTS) is 2. The van der Waals surface area contributed by atoms with Gasteiger partial charge in [-0.3, -0.25) is 24.0 Å². The summed E-state index contributed by atoms with van der Waals surface area (Å²) in [4.78, 5) is 69.8. The second kappa shape index (κ2) is 13.2. The van der Waals surface area contributed by atoms with Crippen LogP contribution in [-0.4, -0.2) is 69.9 Å². The lowest BCUT2D eigenvalue weighted by molar-refractivity contribution is -0.147. The van der Waals surface area contributed by atoms with Crippen LogP contribution in [0, 0.1) is 5.92 Å². The Morgan fingerprint density at radius 3 is 1.94 bits per heavy atom. The van der Waals surface area contributed by atoms with Crippen molar-refractivity contribution >= 4 is 35.6 Å². The van der Waals surface area contributed by atoms with Gasteiger partial charge in [-0.2, -0.15) is 0 Å². The SMILES string of the molecule is CCC(C)C(NC(=O)C(C)NC(=O)C(N)CCC(N)=O)C(=O)NC(CC(=O)O)C(=O)O. The zero-order valence-electron chi connectivity index (χ0n) is 17.7. The number of nitrogens with one attached hydrogen (secondary N) is 3. The van der Waals surface area contributed by atoms with Gasteiger partial charge in [-0.1, -0.05) is 20.3 Å². The number of hydrogen-bond acceptors (Lipinski definition) is 7. The van der Waals surface area contributed by atoms with E-state index in [0.717, 1.165) is 0 Å². The second-order valence-electron chi connectivity index (χ2n) is 7.21. The summed E-state index contributed by atoms with van der Waals surface area (Å²) >= 11 is 0. The maximum Gasteiger partial charge on any atom is 0.326 e. The first kappa shape index (κ1) is 27.8.